The average Bonchev–Trinajstić information content (AvgIpc) is 2.54. The first kappa shape index (κ1) is 12.3. The SMILES string of the molecule is O=C(O)CC1CN(C(=O)CN2C(=O)CNC2=O)C1. The van der Waals surface area contributed by atoms with E-state index in [0.29, 0.717) is 13.1 Å². The molecule has 2 fully saturated rings. The standard InChI is InChI=1S/C10H13N3O5/c14-7-2-11-10(18)13(7)5-8(15)12-3-6(4-12)1-9(16)17/h6H,1-5H2,(H,11,18)(H,16,17). The van der Waals surface area contributed by atoms with E-state index in [1.54, 1.807) is 0 Å². The van der Waals surface area contributed by atoms with Crippen molar-refractivity contribution in [2.45, 2.75) is 6.42 Å². The van der Waals surface area contributed by atoms with Gasteiger partial charge in [-0.3, -0.25) is 19.3 Å². The molecule has 2 aliphatic heterocycles. The zero-order valence-electron chi connectivity index (χ0n) is 9.59. The monoisotopic (exact) mass is 255 g/mol. The van der Waals surface area contributed by atoms with Gasteiger partial charge in [-0.25, -0.2) is 4.79 Å². The highest BCUT2D eigenvalue weighted by Crippen LogP contribution is 2.19. The molecule has 0 saturated carbocycles. The first-order valence-corrected chi connectivity index (χ1v) is 5.55. The number of nitrogens with one attached hydrogen (secondary N) is 1. The summed E-state index contributed by atoms with van der Waals surface area (Å²) in [6.07, 6.45) is 0.0346. The van der Waals surface area contributed by atoms with Gasteiger partial charge < -0.3 is 15.3 Å². The Hall–Kier alpha value is -2.12. The quantitative estimate of drug-likeness (QED) is 0.593. The molecule has 2 N–H and O–H groups in total. The molecule has 0 spiro atoms. The molecular formula is C10H13N3O5. The van der Waals surface area contributed by atoms with E-state index in [1.165, 1.54) is 4.90 Å². The summed E-state index contributed by atoms with van der Waals surface area (Å²) in [5.74, 6) is -1.67. The topological polar surface area (TPSA) is 107 Å². The van der Waals surface area contributed by atoms with Crippen LogP contribution in [-0.2, 0) is 14.4 Å². The number of urea groups is 1. The highest BCUT2D eigenvalue weighted by atomic mass is 16.4. The van der Waals surface area contributed by atoms with E-state index in [-0.39, 0.29) is 31.3 Å². The summed E-state index contributed by atoms with van der Waals surface area (Å²) in [6, 6.07) is -0.559. The zero-order valence-corrected chi connectivity index (χ0v) is 9.59. The van der Waals surface area contributed by atoms with Crippen molar-refractivity contribution < 1.29 is 24.3 Å². The predicted octanol–water partition coefficient (Wildman–Crippen LogP) is -1.53. The maximum absolute atomic E-state index is 11.7. The smallest absolute Gasteiger partial charge is 0.325 e. The molecule has 0 aromatic rings. The van der Waals surface area contributed by atoms with Crippen molar-refractivity contribution in [1.29, 1.82) is 0 Å². The van der Waals surface area contributed by atoms with Crippen molar-refractivity contribution in [3.63, 3.8) is 0 Å². The summed E-state index contributed by atoms with van der Waals surface area (Å²) in [5.41, 5.74) is 0. The lowest BCUT2D eigenvalue weighted by atomic mass is 9.96. The van der Waals surface area contributed by atoms with Crippen LogP contribution in [-0.4, -0.2) is 64.9 Å². The molecule has 98 valence electrons. The van der Waals surface area contributed by atoms with Gasteiger partial charge in [0.15, 0.2) is 0 Å². The highest BCUT2D eigenvalue weighted by Gasteiger charge is 2.36. The van der Waals surface area contributed by atoms with Crippen molar-refractivity contribution in [2.75, 3.05) is 26.2 Å². The van der Waals surface area contributed by atoms with E-state index < -0.39 is 17.9 Å². The minimum atomic E-state index is -0.888. The van der Waals surface area contributed by atoms with E-state index in [1.807, 2.05) is 0 Å². The van der Waals surface area contributed by atoms with Crippen LogP contribution in [0.2, 0.25) is 0 Å². The normalized spacial score (nSPS) is 19.8. The number of hydrogen-bond donors (Lipinski definition) is 2. The molecule has 2 rings (SSSR count). The number of carboxylic acid groups (broad SMARTS) is 1. The van der Waals surface area contributed by atoms with Crippen LogP contribution >= 0.6 is 0 Å². The average molecular weight is 255 g/mol. The van der Waals surface area contributed by atoms with Crippen molar-refractivity contribution in [1.82, 2.24) is 15.1 Å². The Morgan fingerprint density at radius 1 is 1.33 bits per heavy atom. The highest BCUT2D eigenvalue weighted by molar-refractivity contribution is 6.04. The molecule has 4 amide bonds. The number of nitrogens with zero attached hydrogens (tertiary/aromatic N) is 2. The third kappa shape index (κ3) is 2.41. The van der Waals surface area contributed by atoms with Crippen LogP contribution in [0, 0.1) is 5.92 Å². The Morgan fingerprint density at radius 2 is 2.00 bits per heavy atom. The van der Waals surface area contributed by atoms with E-state index in [4.69, 9.17) is 5.11 Å². The van der Waals surface area contributed by atoms with Crippen molar-refractivity contribution in [3.8, 4) is 0 Å². The number of carbonyl (C=O) groups is 4. The number of hydrogen-bond acceptors (Lipinski definition) is 4. The van der Waals surface area contributed by atoms with Crippen LogP contribution in [0.4, 0.5) is 4.79 Å². The first-order chi connectivity index (χ1) is 8.47. The number of aliphatic carboxylic acids is 1. The Labute approximate surface area is 103 Å². The van der Waals surface area contributed by atoms with Crippen LogP contribution in [0.15, 0.2) is 0 Å². The number of carboxylic acids is 1. The number of imide groups is 1. The second-order valence-electron chi connectivity index (χ2n) is 4.40. The van der Waals surface area contributed by atoms with Gasteiger partial charge >= 0.3 is 12.0 Å². The summed E-state index contributed by atoms with van der Waals surface area (Å²) >= 11 is 0. The fourth-order valence-corrected chi connectivity index (χ4v) is 2.00. The molecule has 0 aromatic heterocycles. The van der Waals surface area contributed by atoms with Gasteiger partial charge in [0.2, 0.25) is 5.91 Å². The van der Waals surface area contributed by atoms with Gasteiger partial charge in [-0.15, -0.1) is 0 Å². The van der Waals surface area contributed by atoms with E-state index >= 15 is 0 Å². The molecule has 0 aliphatic carbocycles. The first-order valence-electron chi connectivity index (χ1n) is 5.55. The molecule has 0 radical (unpaired) electrons. The van der Waals surface area contributed by atoms with Crippen LogP contribution in [0.1, 0.15) is 6.42 Å². The van der Waals surface area contributed by atoms with E-state index in [9.17, 15) is 19.2 Å². The second-order valence-corrected chi connectivity index (χ2v) is 4.40. The molecule has 8 heteroatoms. The summed E-state index contributed by atoms with van der Waals surface area (Å²) in [6.45, 7) is 0.391. The van der Waals surface area contributed by atoms with Crippen LogP contribution < -0.4 is 5.32 Å². The molecule has 2 heterocycles. The Bertz CT molecular complexity index is 400. The van der Waals surface area contributed by atoms with Gasteiger partial charge in [-0.1, -0.05) is 0 Å². The molecule has 0 atom stereocenters. The third-order valence-electron chi connectivity index (χ3n) is 3.00. The van der Waals surface area contributed by atoms with Crippen LogP contribution in [0.3, 0.4) is 0 Å². The molecule has 0 unspecified atom stereocenters. The third-order valence-corrected chi connectivity index (χ3v) is 3.00. The van der Waals surface area contributed by atoms with Gasteiger partial charge in [-0.2, -0.15) is 0 Å². The lowest BCUT2D eigenvalue weighted by Crippen LogP contribution is -2.54. The van der Waals surface area contributed by atoms with Gasteiger partial charge in [0.05, 0.1) is 13.0 Å². The molecule has 18 heavy (non-hydrogen) atoms. The number of carbonyl (C=O) groups excluding carboxylic acids is 3. The Balaban J connectivity index is 1.79. The van der Waals surface area contributed by atoms with E-state index in [0.717, 1.165) is 4.90 Å². The van der Waals surface area contributed by atoms with Gasteiger partial charge in [0.1, 0.15) is 6.54 Å². The molecule has 0 bridgehead atoms. The molecule has 0 aromatic carbocycles. The van der Waals surface area contributed by atoms with Crippen molar-refractivity contribution in [3.05, 3.63) is 0 Å². The number of amides is 4. The van der Waals surface area contributed by atoms with Gasteiger partial charge in [-0.05, 0) is 0 Å². The Kier molecular flexibility index (Phi) is 3.17. The minimum absolute atomic E-state index is 0.0328. The summed E-state index contributed by atoms with van der Waals surface area (Å²) in [7, 11) is 0. The molecule has 2 saturated heterocycles. The lowest BCUT2D eigenvalue weighted by molar-refractivity contribution is -0.146. The van der Waals surface area contributed by atoms with Gasteiger partial charge in [0.25, 0.3) is 5.91 Å². The zero-order chi connectivity index (χ0) is 13.3. The molecule has 2 aliphatic rings. The van der Waals surface area contributed by atoms with Gasteiger partial charge in [0, 0.05) is 19.0 Å². The lowest BCUT2D eigenvalue weighted by Gasteiger charge is -2.39. The van der Waals surface area contributed by atoms with Crippen molar-refractivity contribution in [2.24, 2.45) is 5.92 Å². The molecule has 8 nitrogen and oxygen atoms in total. The maximum Gasteiger partial charge on any atom is 0.325 e. The Morgan fingerprint density at radius 3 is 2.50 bits per heavy atom. The fourth-order valence-electron chi connectivity index (χ4n) is 2.00. The predicted molar refractivity (Wildman–Crippen MR) is 57.4 cm³/mol. The van der Waals surface area contributed by atoms with Crippen LogP contribution in [0.5, 0.6) is 0 Å². The summed E-state index contributed by atoms with van der Waals surface area (Å²) in [4.78, 5) is 46.9. The molecular weight excluding hydrogens is 242 g/mol. The maximum atomic E-state index is 11.7. The number of rotatable bonds is 4. The summed E-state index contributed by atoms with van der Waals surface area (Å²) in [5, 5.41) is 10.9. The van der Waals surface area contributed by atoms with Crippen molar-refractivity contribution >= 4 is 23.8 Å². The van der Waals surface area contributed by atoms with Crippen LogP contribution in [0.25, 0.3) is 0 Å². The summed E-state index contributed by atoms with van der Waals surface area (Å²) < 4.78 is 0. The minimum Gasteiger partial charge on any atom is -0.481 e. The largest absolute Gasteiger partial charge is 0.481 e. The number of likely N-dealkylation sites (tertiary alicyclic amines) is 1. The second kappa shape index (κ2) is 4.63. The fraction of sp³-hybridized carbons (Fsp3) is 0.600. The van der Waals surface area contributed by atoms with E-state index in [2.05, 4.69) is 5.32 Å².